The predicted octanol–water partition coefficient (Wildman–Crippen LogP) is 31.2. The molecule has 0 saturated carbocycles. The number of hydrogen-bond donors (Lipinski definition) is 2. The van der Waals surface area contributed by atoms with Crippen molar-refractivity contribution in [3.05, 3.63) is 222 Å². The summed E-state index contributed by atoms with van der Waals surface area (Å²) in [7, 11) is 0. The number of rotatable bonds is 4. The highest BCUT2D eigenvalue weighted by Crippen LogP contribution is 2.60. The first kappa shape index (κ1) is 68.0. The molecule has 2 aliphatic rings. The van der Waals surface area contributed by atoms with Crippen molar-refractivity contribution in [3.63, 3.8) is 0 Å². The number of fused-ring (bicyclic) bond motifs is 24. The van der Waals surface area contributed by atoms with E-state index in [-0.39, 0.29) is 169 Å². The van der Waals surface area contributed by atoms with Gasteiger partial charge in [-0.2, -0.15) is 0 Å². The monoisotopic (exact) mass is 1700 g/mol. The van der Waals surface area contributed by atoms with E-state index in [2.05, 4.69) is 9.97 Å². The molecule has 8 nitrogen and oxygen atoms in total. The Bertz CT molecular complexity index is 6060. The lowest BCUT2D eigenvalue weighted by atomic mass is 9.89. The lowest BCUT2D eigenvalue weighted by Crippen LogP contribution is -1.94. The number of nitrogens with one attached hydrogen (secondary N) is 2. The van der Waals surface area contributed by atoms with Crippen LogP contribution in [-0.2, 0) is 0 Å². The summed E-state index contributed by atoms with van der Waals surface area (Å²) in [6.45, 7) is 0. The van der Waals surface area contributed by atoms with Gasteiger partial charge in [-0.1, -0.05) is 329 Å². The van der Waals surface area contributed by atoms with Crippen molar-refractivity contribution in [1.29, 1.82) is 0 Å². The second kappa shape index (κ2) is 25.3. The molecule has 0 amide bonds. The number of hydrogen-bond acceptors (Lipinski definition) is 6. The molecule has 5 heterocycles. The summed E-state index contributed by atoms with van der Waals surface area (Å²) < 4.78 is 0. The highest BCUT2D eigenvalue weighted by molar-refractivity contribution is 6.61. The minimum Gasteiger partial charge on any atom is -0.324 e. The van der Waals surface area contributed by atoms with Crippen LogP contribution in [0.15, 0.2) is 121 Å². The van der Waals surface area contributed by atoms with Gasteiger partial charge in [-0.25, -0.2) is 29.9 Å². The summed E-state index contributed by atoms with van der Waals surface area (Å²) in [5, 5.41) is 5.89. The molecule has 28 heteroatoms. The number of benzene rings is 12. The van der Waals surface area contributed by atoms with Crippen LogP contribution >= 0.6 is 232 Å². The second-order valence-corrected chi connectivity index (χ2v) is 30.5. The van der Waals surface area contributed by atoms with Crippen molar-refractivity contribution in [2.24, 2.45) is 0 Å². The fourth-order valence-corrected chi connectivity index (χ4v) is 18.7. The van der Waals surface area contributed by atoms with E-state index < -0.39 is 0 Å². The van der Waals surface area contributed by atoms with Crippen LogP contribution in [0.3, 0.4) is 0 Å². The topological polar surface area (TPSA) is 109 Å². The van der Waals surface area contributed by atoms with Crippen molar-refractivity contribution >= 4 is 319 Å². The van der Waals surface area contributed by atoms with E-state index in [1.807, 2.05) is 121 Å². The molecular formula is C72H22Cl20N8. The molecule has 0 unspecified atom stereocenters. The first-order valence-electron chi connectivity index (χ1n) is 29.1. The average molecular weight is 1710 g/mol. The van der Waals surface area contributed by atoms with Crippen molar-refractivity contribution in [3.8, 4) is 90.1 Å². The molecule has 12 aromatic carbocycles. The summed E-state index contributed by atoms with van der Waals surface area (Å²) in [6.07, 6.45) is 0. The van der Waals surface area contributed by atoms with Gasteiger partial charge in [0.2, 0.25) is 0 Å². The van der Waals surface area contributed by atoms with Crippen molar-refractivity contribution in [2.75, 3.05) is 0 Å². The molecule has 0 spiro atoms. The minimum absolute atomic E-state index is 0.0218. The van der Waals surface area contributed by atoms with E-state index in [4.69, 9.17) is 262 Å². The van der Waals surface area contributed by atoms with Crippen LogP contribution < -0.4 is 0 Å². The summed E-state index contributed by atoms with van der Waals surface area (Å²) in [5.41, 5.74) is 4.68. The first-order valence-corrected chi connectivity index (χ1v) is 36.6. The molecule has 0 aliphatic carbocycles. The smallest absolute Gasteiger partial charge is 0.165 e. The molecule has 0 atom stereocenters. The number of aromatic amines is 2. The summed E-state index contributed by atoms with van der Waals surface area (Å²) in [5.74, 6) is 0.308. The fraction of sp³-hybridized carbons (Fsp3) is 0. The Kier molecular flexibility index (Phi) is 17.2. The summed E-state index contributed by atoms with van der Waals surface area (Å²) in [4.78, 5) is 40.5. The first-order chi connectivity index (χ1) is 47.9. The lowest BCUT2D eigenvalue weighted by Gasteiger charge is -2.18. The standard InChI is InChI=1S/C72H22Cl20N8/c73-45-41(46(74)54(82)61(89)53(45)81)33-25-13-5-1-9-21(25)17-29-37(33)69-93-65(29)97-70-38-30(18-22-10-2-6-14-26(22)34(38)42-47(75)55(83)62(90)56(84)48(42)76)67(94-70)99-72-40-32(20-24-12-4-8-16-28(24)36(40)44-51(79)59(87)64(92)60(88)52(44)80)68(96-72)100-71-39-31(66(95-71)98-69)19-23-11-3-7-15-27(23)35(39)43-49(77)57(85)63(91)58(86)50(43)78/h1-20H,(H2,93,94,95,96,97,98,99,100). The third-order valence-electron chi connectivity index (χ3n) is 17.7. The van der Waals surface area contributed by atoms with Crippen LogP contribution in [0, 0.1) is 0 Å². The molecule has 2 N–H and O–H groups in total. The van der Waals surface area contributed by atoms with Gasteiger partial charge in [0.1, 0.15) is 22.6 Å². The normalized spacial score (nSPS) is 12.2. The third-order valence-corrected chi connectivity index (χ3v) is 26.8. The highest BCUT2D eigenvalue weighted by Gasteiger charge is 2.36. The summed E-state index contributed by atoms with van der Waals surface area (Å²) in [6, 6.07) is 37.9. The van der Waals surface area contributed by atoms with Gasteiger partial charge in [0.05, 0.1) is 100 Å². The zero-order valence-electron chi connectivity index (χ0n) is 48.8. The molecule has 0 fully saturated rings. The molecule has 15 aromatic rings. The van der Waals surface area contributed by atoms with E-state index in [1.54, 1.807) is 0 Å². The molecule has 8 bridgehead atoms. The fourth-order valence-electron chi connectivity index (χ4n) is 13.4. The maximum Gasteiger partial charge on any atom is 0.165 e. The second-order valence-electron chi connectivity index (χ2n) is 23.0. The van der Waals surface area contributed by atoms with Crippen LogP contribution in [0.25, 0.3) is 177 Å². The molecule has 0 saturated heterocycles. The average Bonchev–Trinajstić information content (AvgIpc) is 1.50. The predicted molar refractivity (Wildman–Crippen MR) is 428 cm³/mol. The van der Waals surface area contributed by atoms with Crippen LogP contribution in [0.4, 0.5) is 0 Å². The molecule has 17 rings (SSSR count). The Hall–Kier alpha value is -5.16. The molecular weight excluding hydrogens is 1690 g/mol. The van der Waals surface area contributed by atoms with Gasteiger partial charge in [-0.15, -0.1) is 0 Å². The number of H-pyrrole nitrogens is 2. The zero-order chi connectivity index (χ0) is 69.8. The van der Waals surface area contributed by atoms with Crippen LogP contribution in [0.5, 0.6) is 0 Å². The van der Waals surface area contributed by atoms with Gasteiger partial charge >= 0.3 is 0 Å². The molecule has 100 heavy (non-hydrogen) atoms. The Morgan fingerprint density at radius 2 is 0.420 bits per heavy atom. The minimum atomic E-state index is -0.0701. The number of nitrogens with zero attached hydrogens (tertiary/aromatic N) is 6. The van der Waals surface area contributed by atoms with Gasteiger partial charge in [-0.05, 0) is 67.4 Å². The molecule has 0 radical (unpaired) electrons. The van der Waals surface area contributed by atoms with Gasteiger partial charge in [0.25, 0.3) is 0 Å². The Morgan fingerprint density at radius 3 is 0.710 bits per heavy atom. The van der Waals surface area contributed by atoms with Gasteiger partial charge in [0, 0.05) is 88.3 Å². The van der Waals surface area contributed by atoms with Crippen molar-refractivity contribution in [2.45, 2.75) is 0 Å². The van der Waals surface area contributed by atoms with Crippen LogP contribution in [0.1, 0.15) is 0 Å². The number of aromatic nitrogens is 8. The lowest BCUT2D eigenvalue weighted by molar-refractivity contribution is 1.19. The summed E-state index contributed by atoms with van der Waals surface area (Å²) >= 11 is 143. The maximum atomic E-state index is 7.41. The zero-order valence-corrected chi connectivity index (χ0v) is 63.9. The van der Waals surface area contributed by atoms with Crippen LogP contribution in [0.2, 0.25) is 100 Å². The van der Waals surface area contributed by atoms with E-state index in [1.165, 1.54) is 0 Å². The SMILES string of the molecule is Clc1c(Cl)c(Cl)c(-c2c3c(cc4ccccc24)-c2nc-3nc3[nH]c(nc4nc(nc5[nH]c(n2)c2c(-c6c(Cl)c(Cl)c(Cl)c(Cl)c6Cl)c6ccccc6cc52)-c2c-4cc4ccccc4c2-c2c(Cl)c(Cl)c(Cl)c(Cl)c2Cl)c2c(-c4c(Cl)c(Cl)c(Cl)c(Cl)c4Cl)c4ccccc4cc32)c(Cl)c1Cl. The van der Waals surface area contributed by atoms with Gasteiger partial charge in [-0.3, -0.25) is 0 Å². The third kappa shape index (κ3) is 10.1. The maximum absolute atomic E-state index is 7.41. The largest absolute Gasteiger partial charge is 0.324 e. The molecule has 3 aromatic heterocycles. The van der Waals surface area contributed by atoms with Crippen molar-refractivity contribution < 1.29 is 0 Å². The highest BCUT2D eigenvalue weighted by atomic mass is 35.5. The van der Waals surface area contributed by atoms with E-state index in [0.717, 1.165) is 0 Å². The molecule has 2 aliphatic heterocycles. The van der Waals surface area contributed by atoms with Crippen molar-refractivity contribution in [1.82, 2.24) is 39.9 Å². The molecule has 490 valence electrons. The van der Waals surface area contributed by atoms with Crippen LogP contribution in [-0.4, -0.2) is 39.9 Å². The Labute approximate surface area is 663 Å². The van der Waals surface area contributed by atoms with E-state index >= 15 is 0 Å². The van der Waals surface area contributed by atoms with Gasteiger partial charge < -0.3 is 9.97 Å². The van der Waals surface area contributed by atoms with Gasteiger partial charge in [0.15, 0.2) is 23.3 Å². The van der Waals surface area contributed by atoms with E-state index in [0.29, 0.717) is 109 Å². The Morgan fingerprint density at radius 1 is 0.190 bits per heavy atom. The quantitative estimate of drug-likeness (QED) is 0.134. The van der Waals surface area contributed by atoms with E-state index in [9.17, 15) is 0 Å². The number of halogens is 20. The Balaban J connectivity index is 1.16.